The predicted octanol–water partition coefficient (Wildman–Crippen LogP) is 3.78. The van der Waals surface area contributed by atoms with Crippen LogP contribution in [-0.4, -0.2) is 27.0 Å². The predicted molar refractivity (Wildman–Crippen MR) is 108 cm³/mol. The van der Waals surface area contributed by atoms with Crippen molar-refractivity contribution >= 4 is 22.7 Å². The van der Waals surface area contributed by atoms with Gasteiger partial charge in [-0.3, -0.25) is 9.69 Å². The third kappa shape index (κ3) is 3.48. The molecular weight excluding hydrogens is 368 g/mol. The first kappa shape index (κ1) is 19.1. The molecule has 0 saturated carbocycles. The number of nitrogens with zero attached hydrogens (tertiary/aromatic N) is 3. The van der Waals surface area contributed by atoms with Gasteiger partial charge in [0.05, 0.1) is 0 Å². The van der Waals surface area contributed by atoms with Gasteiger partial charge in [-0.15, -0.1) is 0 Å². The lowest BCUT2D eigenvalue weighted by atomic mass is 9.88. The number of hydrogen-bond donors (Lipinski definition) is 1. The Hall–Kier alpha value is -3.22. The second-order valence-corrected chi connectivity index (χ2v) is 8.01. The summed E-state index contributed by atoms with van der Waals surface area (Å²) in [7, 11) is 0. The van der Waals surface area contributed by atoms with E-state index in [0.717, 1.165) is 27.7 Å². The second kappa shape index (κ2) is 7.31. The Morgan fingerprint density at radius 2 is 1.90 bits per heavy atom. The second-order valence-electron chi connectivity index (χ2n) is 8.01. The molecule has 1 unspecified atom stereocenters. The summed E-state index contributed by atoms with van der Waals surface area (Å²) < 4.78 is 5.26. The van der Waals surface area contributed by atoms with Crippen molar-refractivity contribution in [1.82, 2.24) is 20.4 Å². The molecule has 1 atom stereocenters. The molecule has 1 saturated heterocycles. The number of nitrogens with one attached hydrogen (secondary N) is 1. The molecule has 4 rings (SSSR count). The lowest BCUT2D eigenvalue weighted by Gasteiger charge is -2.23. The van der Waals surface area contributed by atoms with E-state index in [1.807, 2.05) is 42.5 Å². The first-order chi connectivity index (χ1) is 13.9. The number of amides is 3. The molecular formula is C22H24N4O3. The summed E-state index contributed by atoms with van der Waals surface area (Å²) in [5.41, 5.74) is -0.391. The van der Waals surface area contributed by atoms with Crippen molar-refractivity contribution in [2.45, 2.75) is 45.7 Å². The SMILES string of the molecule is CC(C)CCc1noc(CN2C(=O)NC(C)(c3cccc4ccccc34)C2=O)n1. The van der Waals surface area contributed by atoms with Crippen LogP contribution in [0.3, 0.4) is 0 Å². The summed E-state index contributed by atoms with van der Waals surface area (Å²) in [6.07, 6.45) is 1.65. The average molecular weight is 392 g/mol. The summed E-state index contributed by atoms with van der Waals surface area (Å²) in [6.45, 7) is 5.95. The molecule has 0 bridgehead atoms. The zero-order chi connectivity index (χ0) is 20.6. The maximum absolute atomic E-state index is 13.3. The van der Waals surface area contributed by atoms with Crippen LogP contribution in [0.1, 0.15) is 44.5 Å². The Bertz CT molecular complexity index is 1070. The average Bonchev–Trinajstić information content (AvgIpc) is 3.24. The van der Waals surface area contributed by atoms with Crippen LogP contribution in [0.2, 0.25) is 0 Å². The van der Waals surface area contributed by atoms with E-state index >= 15 is 0 Å². The summed E-state index contributed by atoms with van der Waals surface area (Å²) in [4.78, 5) is 31.4. The monoisotopic (exact) mass is 392 g/mol. The van der Waals surface area contributed by atoms with Gasteiger partial charge in [-0.2, -0.15) is 4.98 Å². The minimum Gasteiger partial charge on any atom is -0.337 e. The van der Waals surface area contributed by atoms with Gasteiger partial charge in [-0.25, -0.2) is 4.79 Å². The van der Waals surface area contributed by atoms with Gasteiger partial charge in [0.25, 0.3) is 5.91 Å². The zero-order valence-corrected chi connectivity index (χ0v) is 16.8. The largest absolute Gasteiger partial charge is 0.337 e. The summed E-state index contributed by atoms with van der Waals surface area (Å²) >= 11 is 0. The Balaban J connectivity index is 1.59. The van der Waals surface area contributed by atoms with Gasteiger partial charge >= 0.3 is 6.03 Å². The van der Waals surface area contributed by atoms with Crippen LogP contribution in [0.4, 0.5) is 4.79 Å². The highest BCUT2D eigenvalue weighted by atomic mass is 16.5. The molecule has 1 aliphatic rings. The van der Waals surface area contributed by atoms with E-state index in [9.17, 15) is 9.59 Å². The normalized spacial score (nSPS) is 19.4. The topological polar surface area (TPSA) is 88.3 Å². The molecule has 3 amide bonds. The highest BCUT2D eigenvalue weighted by molar-refractivity contribution is 6.09. The van der Waals surface area contributed by atoms with E-state index in [1.165, 1.54) is 0 Å². The molecule has 3 aromatic rings. The Labute approximate surface area is 169 Å². The third-order valence-corrected chi connectivity index (χ3v) is 5.35. The van der Waals surface area contributed by atoms with Crippen LogP contribution in [0.5, 0.6) is 0 Å². The molecule has 0 spiro atoms. The maximum Gasteiger partial charge on any atom is 0.325 e. The molecule has 150 valence electrons. The summed E-state index contributed by atoms with van der Waals surface area (Å²) in [5, 5.41) is 8.76. The van der Waals surface area contributed by atoms with Crippen LogP contribution in [0, 0.1) is 5.92 Å². The van der Waals surface area contributed by atoms with Crippen LogP contribution >= 0.6 is 0 Å². The number of benzene rings is 2. The lowest BCUT2D eigenvalue weighted by molar-refractivity contribution is -0.131. The standard InChI is InChI=1S/C22H24N4O3/c1-14(2)11-12-18-23-19(29-25-18)13-26-20(27)22(3,24-21(26)28)17-10-6-8-15-7-4-5-9-16(15)17/h4-10,14H,11-13H2,1-3H3,(H,24,28). The number of urea groups is 1. The van der Waals surface area contributed by atoms with Gasteiger partial charge < -0.3 is 9.84 Å². The Morgan fingerprint density at radius 1 is 1.14 bits per heavy atom. The third-order valence-electron chi connectivity index (χ3n) is 5.35. The number of hydrogen-bond acceptors (Lipinski definition) is 5. The number of aromatic nitrogens is 2. The van der Waals surface area contributed by atoms with Crippen LogP contribution in [0.25, 0.3) is 10.8 Å². The summed E-state index contributed by atoms with van der Waals surface area (Å²) in [6, 6.07) is 13.1. The highest BCUT2D eigenvalue weighted by Crippen LogP contribution is 2.34. The van der Waals surface area contributed by atoms with Gasteiger partial charge in [0.15, 0.2) is 5.82 Å². The van der Waals surface area contributed by atoms with E-state index in [0.29, 0.717) is 18.2 Å². The van der Waals surface area contributed by atoms with Crippen molar-refractivity contribution < 1.29 is 14.1 Å². The fourth-order valence-corrected chi connectivity index (χ4v) is 3.69. The van der Waals surface area contributed by atoms with Crippen molar-refractivity contribution in [3.8, 4) is 0 Å². The van der Waals surface area contributed by atoms with Gasteiger partial charge in [0.1, 0.15) is 12.1 Å². The van der Waals surface area contributed by atoms with Gasteiger partial charge in [0.2, 0.25) is 5.89 Å². The van der Waals surface area contributed by atoms with Gasteiger partial charge in [0, 0.05) is 6.42 Å². The van der Waals surface area contributed by atoms with E-state index < -0.39 is 11.6 Å². The molecule has 0 radical (unpaired) electrons. The molecule has 1 aromatic heterocycles. The highest BCUT2D eigenvalue weighted by Gasteiger charge is 2.50. The van der Waals surface area contributed by atoms with Crippen LogP contribution < -0.4 is 5.32 Å². The zero-order valence-electron chi connectivity index (χ0n) is 16.8. The van der Waals surface area contributed by atoms with Crippen molar-refractivity contribution in [3.63, 3.8) is 0 Å². The molecule has 0 aliphatic carbocycles. The molecule has 1 N–H and O–H groups in total. The molecule has 7 nitrogen and oxygen atoms in total. The van der Waals surface area contributed by atoms with E-state index in [2.05, 4.69) is 29.3 Å². The minimum absolute atomic E-state index is 0.0420. The fraction of sp³-hybridized carbons (Fsp3) is 0.364. The smallest absolute Gasteiger partial charge is 0.325 e. The van der Waals surface area contributed by atoms with Gasteiger partial charge in [-0.05, 0) is 35.6 Å². The molecule has 1 fully saturated rings. The van der Waals surface area contributed by atoms with E-state index in [1.54, 1.807) is 6.92 Å². The number of carbonyl (C=O) groups excluding carboxylic acids is 2. The minimum atomic E-state index is -1.15. The quantitative estimate of drug-likeness (QED) is 0.645. The number of fused-ring (bicyclic) bond motifs is 1. The van der Waals surface area contributed by atoms with Gasteiger partial charge in [-0.1, -0.05) is 61.5 Å². The van der Waals surface area contributed by atoms with Crippen molar-refractivity contribution in [2.24, 2.45) is 5.92 Å². The van der Waals surface area contributed by atoms with Crippen LogP contribution in [-0.2, 0) is 23.3 Å². The molecule has 29 heavy (non-hydrogen) atoms. The maximum atomic E-state index is 13.3. The summed E-state index contributed by atoms with van der Waals surface area (Å²) in [5.74, 6) is 1.05. The molecule has 2 aromatic carbocycles. The fourth-order valence-electron chi connectivity index (χ4n) is 3.69. The Morgan fingerprint density at radius 3 is 2.69 bits per heavy atom. The van der Waals surface area contributed by atoms with Crippen molar-refractivity contribution in [3.05, 3.63) is 59.7 Å². The number of aryl methyl sites for hydroxylation is 1. The molecule has 1 aliphatic heterocycles. The Kier molecular flexibility index (Phi) is 4.82. The van der Waals surface area contributed by atoms with E-state index in [-0.39, 0.29) is 18.3 Å². The number of rotatable bonds is 6. The lowest BCUT2D eigenvalue weighted by Crippen LogP contribution is -2.41. The van der Waals surface area contributed by atoms with Crippen molar-refractivity contribution in [2.75, 3.05) is 0 Å². The van der Waals surface area contributed by atoms with Crippen LogP contribution in [0.15, 0.2) is 47.0 Å². The molecule has 7 heteroatoms. The van der Waals surface area contributed by atoms with E-state index in [4.69, 9.17) is 4.52 Å². The number of carbonyl (C=O) groups is 2. The molecule has 2 heterocycles. The number of imide groups is 1. The first-order valence-corrected chi connectivity index (χ1v) is 9.82. The van der Waals surface area contributed by atoms with Crippen molar-refractivity contribution in [1.29, 1.82) is 0 Å². The first-order valence-electron chi connectivity index (χ1n) is 9.82.